The summed E-state index contributed by atoms with van der Waals surface area (Å²) in [6.45, 7) is 0. The lowest BCUT2D eigenvalue weighted by Crippen LogP contribution is -2.02. The van der Waals surface area contributed by atoms with E-state index in [9.17, 15) is 8.42 Å². The van der Waals surface area contributed by atoms with Crippen LogP contribution in [0.5, 0.6) is 5.75 Å². The summed E-state index contributed by atoms with van der Waals surface area (Å²) >= 11 is 1.12. The van der Waals surface area contributed by atoms with Crippen molar-refractivity contribution >= 4 is 31.4 Å². The van der Waals surface area contributed by atoms with E-state index in [0.29, 0.717) is 21.7 Å². The molecule has 0 radical (unpaired) electrons. The SMILES string of the molecule is COc1cccc(-c2c(S(=O)(=O)c3cccc(C#N)c3)sc3ncccc23)c1. The number of hydrogen-bond acceptors (Lipinski definition) is 6. The molecule has 4 aromatic rings. The molecule has 4 rings (SSSR count). The molecule has 0 aliphatic carbocycles. The average Bonchev–Trinajstić information content (AvgIpc) is 3.14. The smallest absolute Gasteiger partial charge is 0.216 e. The first-order valence-corrected chi connectivity index (χ1v) is 10.6. The van der Waals surface area contributed by atoms with E-state index in [1.165, 1.54) is 12.1 Å². The zero-order chi connectivity index (χ0) is 19.7. The number of benzene rings is 2. The molecule has 0 bridgehead atoms. The second-order valence-electron chi connectivity index (χ2n) is 6.00. The van der Waals surface area contributed by atoms with Crippen LogP contribution in [0.25, 0.3) is 21.3 Å². The summed E-state index contributed by atoms with van der Waals surface area (Å²) in [6.07, 6.45) is 1.64. The predicted octanol–water partition coefficient (Wildman–Crippen LogP) is 4.68. The van der Waals surface area contributed by atoms with Gasteiger partial charge < -0.3 is 4.74 Å². The van der Waals surface area contributed by atoms with E-state index < -0.39 is 9.84 Å². The van der Waals surface area contributed by atoms with Crippen molar-refractivity contribution in [2.24, 2.45) is 0 Å². The minimum atomic E-state index is -3.85. The zero-order valence-corrected chi connectivity index (χ0v) is 16.4. The Kier molecular flexibility index (Phi) is 4.59. The number of aromatic nitrogens is 1. The summed E-state index contributed by atoms with van der Waals surface area (Å²) in [5.41, 5.74) is 1.62. The summed E-state index contributed by atoms with van der Waals surface area (Å²) in [5.74, 6) is 0.635. The molecule has 138 valence electrons. The maximum absolute atomic E-state index is 13.5. The molecule has 0 N–H and O–H groups in total. The lowest BCUT2D eigenvalue weighted by atomic mass is 10.1. The van der Waals surface area contributed by atoms with Crippen molar-refractivity contribution in [1.29, 1.82) is 5.26 Å². The zero-order valence-electron chi connectivity index (χ0n) is 14.8. The molecule has 0 unspecified atom stereocenters. The molecule has 0 aliphatic rings. The van der Waals surface area contributed by atoms with Crippen molar-refractivity contribution in [3.05, 3.63) is 72.4 Å². The van der Waals surface area contributed by atoms with Gasteiger partial charge >= 0.3 is 0 Å². The second-order valence-corrected chi connectivity index (χ2v) is 9.14. The fourth-order valence-corrected chi connectivity index (χ4v) is 6.11. The first-order valence-electron chi connectivity index (χ1n) is 8.32. The Labute approximate surface area is 166 Å². The van der Waals surface area contributed by atoms with E-state index in [-0.39, 0.29) is 9.10 Å². The summed E-state index contributed by atoms with van der Waals surface area (Å²) in [4.78, 5) is 5.06. The highest BCUT2D eigenvalue weighted by Crippen LogP contribution is 2.43. The molecule has 0 saturated carbocycles. The first kappa shape index (κ1) is 18.2. The molecule has 28 heavy (non-hydrogen) atoms. The average molecular weight is 406 g/mol. The number of hydrogen-bond donors (Lipinski definition) is 0. The molecule has 0 saturated heterocycles. The van der Waals surface area contributed by atoms with Crippen LogP contribution < -0.4 is 4.74 Å². The highest BCUT2D eigenvalue weighted by molar-refractivity contribution is 7.93. The molecule has 0 atom stereocenters. The molecule has 0 fully saturated rings. The van der Waals surface area contributed by atoms with Gasteiger partial charge in [-0.25, -0.2) is 13.4 Å². The number of ether oxygens (including phenoxy) is 1. The van der Waals surface area contributed by atoms with Gasteiger partial charge in [-0.1, -0.05) is 18.2 Å². The van der Waals surface area contributed by atoms with Crippen molar-refractivity contribution in [2.75, 3.05) is 7.11 Å². The number of thiophene rings is 1. The summed E-state index contributed by atoms with van der Waals surface area (Å²) in [5, 5.41) is 9.90. The summed E-state index contributed by atoms with van der Waals surface area (Å²) in [7, 11) is -2.28. The molecule has 0 aliphatic heterocycles. The second kappa shape index (κ2) is 7.08. The number of methoxy groups -OCH3 is 1. The van der Waals surface area contributed by atoms with E-state index in [1.54, 1.807) is 43.6 Å². The highest BCUT2D eigenvalue weighted by Gasteiger charge is 2.27. The van der Waals surface area contributed by atoms with Gasteiger partial charge in [0.25, 0.3) is 0 Å². The van der Waals surface area contributed by atoms with Crippen LogP contribution in [0.2, 0.25) is 0 Å². The van der Waals surface area contributed by atoms with Crippen molar-refractivity contribution in [3.63, 3.8) is 0 Å². The van der Waals surface area contributed by atoms with Gasteiger partial charge in [0.2, 0.25) is 9.84 Å². The van der Waals surface area contributed by atoms with E-state index >= 15 is 0 Å². The number of nitriles is 1. The van der Waals surface area contributed by atoms with Gasteiger partial charge in [-0.15, -0.1) is 11.3 Å². The van der Waals surface area contributed by atoms with Crippen LogP contribution in [0.1, 0.15) is 5.56 Å². The predicted molar refractivity (Wildman–Crippen MR) is 108 cm³/mol. The van der Waals surface area contributed by atoms with E-state index in [0.717, 1.165) is 22.3 Å². The third-order valence-corrected chi connectivity index (χ3v) is 7.69. The molecular weight excluding hydrogens is 392 g/mol. The topological polar surface area (TPSA) is 80.0 Å². The minimum absolute atomic E-state index is 0.0854. The fourth-order valence-electron chi connectivity index (χ4n) is 2.99. The van der Waals surface area contributed by atoms with Crippen molar-refractivity contribution in [1.82, 2.24) is 4.98 Å². The maximum atomic E-state index is 13.5. The van der Waals surface area contributed by atoms with Crippen molar-refractivity contribution in [2.45, 2.75) is 9.10 Å². The van der Waals surface area contributed by atoms with Gasteiger partial charge in [0.15, 0.2) is 0 Å². The minimum Gasteiger partial charge on any atom is -0.497 e. The van der Waals surface area contributed by atoms with Gasteiger partial charge in [-0.05, 0) is 48.0 Å². The molecule has 7 heteroatoms. The highest BCUT2D eigenvalue weighted by atomic mass is 32.2. The van der Waals surface area contributed by atoms with Crippen LogP contribution in [0, 0.1) is 11.3 Å². The fraction of sp³-hybridized carbons (Fsp3) is 0.0476. The third-order valence-electron chi connectivity index (χ3n) is 4.31. The van der Waals surface area contributed by atoms with E-state index in [1.807, 2.05) is 24.3 Å². The molecule has 0 amide bonds. The Hall–Kier alpha value is -3.21. The van der Waals surface area contributed by atoms with Gasteiger partial charge in [0, 0.05) is 17.1 Å². The number of fused-ring (bicyclic) bond motifs is 1. The largest absolute Gasteiger partial charge is 0.497 e. The molecule has 2 aromatic carbocycles. The lowest BCUT2D eigenvalue weighted by molar-refractivity contribution is 0.415. The molecule has 5 nitrogen and oxygen atoms in total. The van der Waals surface area contributed by atoms with Gasteiger partial charge in [-0.3, -0.25) is 0 Å². The number of pyridine rings is 1. The Morgan fingerprint density at radius 2 is 1.89 bits per heavy atom. The number of nitrogens with zero attached hydrogens (tertiary/aromatic N) is 2. The van der Waals surface area contributed by atoms with Crippen LogP contribution in [0.3, 0.4) is 0 Å². The van der Waals surface area contributed by atoms with E-state index in [4.69, 9.17) is 10.00 Å². The van der Waals surface area contributed by atoms with Crippen LogP contribution in [0.15, 0.2) is 76.0 Å². The van der Waals surface area contributed by atoms with Crippen LogP contribution in [0.4, 0.5) is 0 Å². The summed E-state index contributed by atoms with van der Waals surface area (Å²) < 4.78 is 32.4. The van der Waals surface area contributed by atoms with Gasteiger partial charge in [0.05, 0.1) is 23.6 Å². The van der Waals surface area contributed by atoms with Crippen LogP contribution in [-0.2, 0) is 9.84 Å². The van der Waals surface area contributed by atoms with Crippen LogP contribution >= 0.6 is 11.3 Å². The normalized spacial score (nSPS) is 11.3. The van der Waals surface area contributed by atoms with E-state index in [2.05, 4.69) is 4.98 Å². The number of rotatable bonds is 4. The third kappa shape index (κ3) is 3.03. The first-order chi connectivity index (χ1) is 13.5. The Morgan fingerprint density at radius 3 is 2.68 bits per heavy atom. The molecular formula is C21H14N2O3S2. The monoisotopic (exact) mass is 406 g/mol. The standard InChI is InChI=1S/C21H14N2O3S2/c1-26-16-7-3-6-15(12-16)19-18-9-4-10-23-20(18)27-21(19)28(24,25)17-8-2-5-14(11-17)13-22/h2-12H,1H3. The van der Waals surface area contributed by atoms with Gasteiger partial charge in [0.1, 0.15) is 14.8 Å². The van der Waals surface area contributed by atoms with Crippen molar-refractivity contribution in [3.8, 4) is 22.9 Å². The van der Waals surface area contributed by atoms with Crippen molar-refractivity contribution < 1.29 is 13.2 Å². The molecule has 0 spiro atoms. The van der Waals surface area contributed by atoms with Crippen LogP contribution in [-0.4, -0.2) is 20.5 Å². The molecule has 2 aromatic heterocycles. The summed E-state index contributed by atoms with van der Waals surface area (Å²) in [6, 6.07) is 19.0. The molecule has 2 heterocycles. The maximum Gasteiger partial charge on any atom is 0.216 e. The quantitative estimate of drug-likeness (QED) is 0.492. The number of sulfone groups is 1. The Bertz CT molecular complexity index is 1340. The lowest BCUT2D eigenvalue weighted by Gasteiger charge is -2.08. The Balaban J connectivity index is 2.03. The Morgan fingerprint density at radius 1 is 1.07 bits per heavy atom. The van der Waals surface area contributed by atoms with Gasteiger partial charge in [-0.2, -0.15) is 5.26 Å².